The maximum atomic E-state index is 6.21. The molecule has 1 saturated heterocycles. The molecule has 0 bridgehead atoms. The van der Waals surface area contributed by atoms with Crippen molar-refractivity contribution in [2.24, 2.45) is 23.0 Å². The quantitative estimate of drug-likeness (QED) is 0.854. The van der Waals surface area contributed by atoms with E-state index in [1.807, 2.05) is 0 Å². The fourth-order valence-electron chi connectivity index (χ4n) is 4.39. The van der Waals surface area contributed by atoms with Gasteiger partial charge in [0.15, 0.2) is 0 Å². The number of thioether (sulfide) groups is 1. The zero-order valence-electron chi connectivity index (χ0n) is 14.8. The molecule has 0 aromatic rings. The molecule has 0 aromatic heterocycles. The third-order valence-electron chi connectivity index (χ3n) is 6.14. The van der Waals surface area contributed by atoms with Crippen molar-refractivity contribution in [2.75, 3.05) is 18.8 Å². The summed E-state index contributed by atoms with van der Waals surface area (Å²) in [6.07, 6.45) is 5.57. The lowest BCUT2D eigenvalue weighted by molar-refractivity contribution is 0.0617. The largest absolute Gasteiger partial charge is 0.329 e. The highest BCUT2D eigenvalue weighted by Gasteiger charge is 2.37. The molecule has 0 spiro atoms. The van der Waals surface area contributed by atoms with Gasteiger partial charge in [0, 0.05) is 36.2 Å². The zero-order chi connectivity index (χ0) is 15.6. The Morgan fingerprint density at radius 2 is 1.76 bits per heavy atom. The Bertz CT molecular complexity index is 318. The second-order valence-electron chi connectivity index (χ2n) is 8.34. The minimum absolute atomic E-state index is 0.479. The fourth-order valence-corrected chi connectivity index (χ4v) is 5.52. The Labute approximate surface area is 136 Å². The van der Waals surface area contributed by atoms with Gasteiger partial charge in [0.2, 0.25) is 0 Å². The van der Waals surface area contributed by atoms with Crippen molar-refractivity contribution in [1.82, 2.24) is 4.90 Å². The van der Waals surface area contributed by atoms with Crippen LogP contribution in [-0.2, 0) is 0 Å². The van der Waals surface area contributed by atoms with E-state index >= 15 is 0 Å². The van der Waals surface area contributed by atoms with Crippen LogP contribution in [0.1, 0.15) is 60.3 Å². The van der Waals surface area contributed by atoms with E-state index in [0.29, 0.717) is 17.5 Å². The topological polar surface area (TPSA) is 29.3 Å². The van der Waals surface area contributed by atoms with Crippen LogP contribution in [-0.4, -0.2) is 41.1 Å². The molecular formula is C18H36N2S. The molecule has 0 radical (unpaired) electrons. The number of hydrogen-bond donors (Lipinski definition) is 1. The first-order valence-electron chi connectivity index (χ1n) is 8.92. The number of nitrogens with zero attached hydrogens (tertiary/aromatic N) is 1. The van der Waals surface area contributed by atoms with Crippen LogP contribution >= 0.6 is 11.8 Å². The number of rotatable bonds is 3. The summed E-state index contributed by atoms with van der Waals surface area (Å²) in [5, 5.41) is 0.749. The molecule has 3 unspecified atom stereocenters. The van der Waals surface area contributed by atoms with Gasteiger partial charge in [-0.3, -0.25) is 4.90 Å². The predicted octanol–water partition coefficient (Wildman–Crippen LogP) is 3.99. The Balaban J connectivity index is 1.96. The first-order chi connectivity index (χ1) is 9.84. The summed E-state index contributed by atoms with van der Waals surface area (Å²) in [6, 6.07) is 1.29. The van der Waals surface area contributed by atoms with Gasteiger partial charge in [-0.25, -0.2) is 0 Å². The van der Waals surface area contributed by atoms with Crippen LogP contribution in [0.4, 0.5) is 0 Å². The van der Waals surface area contributed by atoms with E-state index in [4.69, 9.17) is 5.73 Å². The third kappa shape index (κ3) is 4.17. The lowest BCUT2D eigenvalue weighted by atomic mass is 9.68. The van der Waals surface area contributed by atoms with Gasteiger partial charge in [-0.2, -0.15) is 11.8 Å². The molecule has 21 heavy (non-hydrogen) atoms. The smallest absolute Gasteiger partial charge is 0.0250 e. The first kappa shape index (κ1) is 17.6. The van der Waals surface area contributed by atoms with Gasteiger partial charge in [0.1, 0.15) is 0 Å². The summed E-state index contributed by atoms with van der Waals surface area (Å²) < 4.78 is 0. The van der Waals surface area contributed by atoms with E-state index in [9.17, 15) is 0 Å². The van der Waals surface area contributed by atoms with Crippen LogP contribution in [0.3, 0.4) is 0 Å². The average molecular weight is 313 g/mol. The summed E-state index contributed by atoms with van der Waals surface area (Å²) in [5.74, 6) is 3.01. The Morgan fingerprint density at radius 1 is 1.14 bits per heavy atom. The van der Waals surface area contributed by atoms with Gasteiger partial charge < -0.3 is 5.73 Å². The third-order valence-corrected chi connectivity index (χ3v) is 7.48. The van der Waals surface area contributed by atoms with E-state index in [1.165, 1.54) is 38.0 Å². The molecule has 2 N–H and O–H groups in total. The first-order valence-corrected chi connectivity index (χ1v) is 9.97. The van der Waals surface area contributed by atoms with Crippen LogP contribution in [0.15, 0.2) is 0 Å². The van der Waals surface area contributed by atoms with Crippen LogP contribution in [0, 0.1) is 17.3 Å². The monoisotopic (exact) mass is 312 g/mol. The molecule has 2 aliphatic rings. The highest BCUT2D eigenvalue weighted by molar-refractivity contribution is 8.00. The molecule has 2 nitrogen and oxygen atoms in total. The SMILES string of the molecule is CC1SCCN(C(CN)C2CCC(C(C)(C)C)CC2)C1C. The standard InChI is InChI=1S/C18H36N2S/c1-13-14(2)21-11-10-20(13)17(12-19)15-6-8-16(9-7-15)18(3,4)5/h13-17H,6-12,19H2,1-5H3. The molecule has 3 heteroatoms. The maximum Gasteiger partial charge on any atom is 0.0250 e. The molecule has 3 atom stereocenters. The van der Waals surface area contributed by atoms with Gasteiger partial charge in [-0.15, -0.1) is 0 Å². The number of hydrogen-bond acceptors (Lipinski definition) is 3. The van der Waals surface area contributed by atoms with E-state index in [0.717, 1.165) is 23.6 Å². The fraction of sp³-hybridized carbons (Fsp3) is 1.00. The Morgan fingerprint density at radius 3 is 2.29 bits per heavy atom. The lowest BCUT2D eigenvalue weighted by Gasteiger charge is -2.47. The normalized spacial score (nSPS) is 37.4. The van der Waals surface area contributed by atoms with Crippen LogP contribution < -0.4 is 5.73 Å². The van der Waals surface area contributed by atoms with Gasteiger partial charge in [0.25, 0.3) is 0 Å². The highest BCUT2D eigenvalue weighted by Crippen LogP contribution is 2.42. The molecule has 1 aliphatic carbocycles. The van der Waals surface area contributed by atoms with Crippen molar-refractivity contribution in [1.29, 1.82) is 0 Å². The predicted molar refractivity (Wildman–Crippen MR) is 95.8 cm³/mol. The van der Waals surface area contributed by atoms with E-state index in [2.05, 4.69) is 51.3 Å². The van der Waals surface area contributed by atoms with Crippen LogP contribution in [0.2, 0.25) is 0 Å². The molecule has 0 amide bonds. The summed E-state index contributed by atoms with van der Waals surface area (Å²) in [7, 11) is 0. The van der Waals surface area contributed by atoms with Crippen molar-refractivity contribution in [2.45, 2.75) is 77.6 Å². The Kier molecular flexibility index (Phi) is 6.07. The number of nitrogens with two attached hydrogens (primary N) is 1. The maximum absolute atomic E-state index is 6.21. The van der Waals surface area contributed by atoms with Gasteiger partial charge in [-0.1, -0.05) is 27.7 Å². The second-order valence-corrected chi connectivity index (χ2v) is 9.82. The molecule has 124 valence electrons. The van der Waals surface area contributed by atoms with Crippen LogP contribution in [0.5, 0.6) is 0 Å². The highest BCUT2D eigenvalue weighted by atomic mass is 32.2. The molecule has 0 aromatic carbocycles. The van der Waals surface area contributed by atoms with E-state index in [1.54, 1.807) is 0 Å². The van der Waals surface area contributed by atoms with E-state index < -0.39 is 0 Å². The van der Waals surface area contributed by atoms with Crippen molar-refractivity contribution < 1.29 is 0 Å². The molecule has 1 aliphatic heterocycles. The molecule has 1 heterocycles. The summed E-state index contributed by atoms with van der Waals surface area (Å²) in [5.41, 5.74) is 6.69. The minimum Gasteiger partial charge on any atom is -0.329 e. The Hall–Kier alpha value is 0.270. The van der Waals surface area contributed by atoms with Crippen molar-refractivity contribution in [3.63, 3.8) is 0 Å². The van der Waals surface area contributed by atoms with Gasteiger partial charge in [-0.05, 0) is 49.9 Å². The molecule has 1 saturated carbocycles. The lowest BCUT2D eigenvalue weighted by Crippen LogP contribution is -2.55. The summed E-state index contributed by atoms with van der Waals surface area (Å²) in [6.45, 7) is 14.1. The molecular weight excluding hydrogens is 276 g/mol. The second kappa shape index (κ2) is 7.23. The van der Waals surface area contributed by atoms with Crippen LogP contribution in [0.25, 0.3) is 0 Å². The van der Waals surface area contributed by atoms with E-state index in [-0.39, 0.29) is 0 Å². The van der Waals surface area contributed by atoms with Crippen molar-refractivity contribution in [3.05, 3.63) is 0 Å². The zero-order valence-corrected chi connectivity index (χ0v) is 15.6. The molecule has 2 rings (SSSR count). The summed E-state index contributed by atoms with van der Waals surface area (Å²) in [4.78, 5) is 2.74. The van der Waals surface area contributed by atoms with Gasteiger partial charge in [0.05, 0.1) is 0 Å². The molecule has 2 fully saturated rings. The summed E-state index contributed by atoms with van der Waals surface area (Å²) >= 11 is 2.13. The van der Waals surface area contributed by atoms with Crippen molar-refractivity contribution >= 4 is 11.8 Å². The van der Waals surface area contributed by atoms with Crippen molar-refractivity contribution in [3.8, 4) is 0 Å². The van der Waals surface area contributed by atoms with Gasteiger partial charge >= 0.3 is 0 Å². The minimum atomic E-state index is 0.479. The average Bonchev–Trinajstić information content (AvgIpc) is 2.44.